The lowest BCUT2D eigenvalue weighted by Crippen LogP contribution is -2.26. The molecule has 1 amide bonds. The number of nitrogens with zero attached hydrogens (tertiary/aromatic N) is 2. The zero-order valence-electron chi connectivity index (χ0n) is 14.2. The molecule has 1 aromatic heterocycles. The highest BCUT2D eigenvalue weighted by Crippen LogP contribution is 2.27. The number of rotatable bonds is 9. The molecule has 0 saturated carbocycles. The second-order valence-corrected chi connectivity index (χ2v) is 6.94. The van der Waals surface area contributed by atoms with Gasteiger partial charge in [0.1, 0.15) is 11.4 Å². The highest BCUT2D eigenvalue weighted by atomic mass is 79.9. The van der Waals surface area contributed by atoms with Gasteiger partial charge in [-0.25, -0.2) is 4.68 Å². The van der Waals surface area contributed by atoms with Crippen LogP contribution in [0.5, 0.6) is 5.75 Å². The van der Waals surface area contributed by atoms with Crippen molar-refractivity contribution >= 4 is 33.4 Å². The van der Waals surface area contributed by atoms with Gasteiger partial charge in [-0.2, -0.15) is 5.10 Å². The van der Waals surface area contributed by atoms with Crippen molar-refractivity contribution in [1.29, 1.82) is 0 Å². The lowest BCUT2D eigenvalue weighted by molar-refractivity contribution is 0.0756. The fourth-order valence-electron chi connectivity index (χ4n) is 1.97. The smallest absolute Gasteiger partial charge is 0.271 e. The summed E-state index contributed by atoms with van der Waals surface area (Å²) in [7, 11) is 0. The van der Waals surface area contributed by atoms with Crippen LogP contribution in [0.2, 0.25) is 5.02 Å². The molecule has 1 N–H and O–H groups in total. The zero-order valence-corrected chi connectivity index (χ0v) is 16.5. The molecule has 136 valence electrons. The number of benzene rings is 1. The van der Waals surface area contributed by atoms with Crippen LogP contribution in [-0.4, -0.2) is 34.9 Å². The van der Waals surface area contributed by atoms with Crippen LogP contribution in [0.15, 0.2) is 34.9 Å². The fourth-order valence-corrected chi connectivity index (χ4v) is 2.69. The summed E-state index contributed by atoms with van der Waals surface area (Å²) in [6, 6.07) is 7.00. The second-order valence-electron chi connectivity index (χ2n) is 5.62. The summed E-state index contributed by atoms with van der Waals surface area (Å²) in [5, 5.41) is 7.51. The van der Waals surface area contributed by atoms with Crippen LogP contribution < -0.4 is 10.1 Å². The summed E-state index contributed by atoms with van der Waals surface area (Å²) in [6.07, 6.45) is 2.64. The van der Waals surface area contributed by atoms with Gasteiger partial charge in [-0.15, -0.1) is 0 Å². The maximum absolute atomic E-state index is 12.0. The van der Waals surface area contributed by atoms with E-state index in [1.54, 1.807) is 24.4 Å². The van der Waals surface area contributed by atoms with Crippen LogP contribution in [0.1, 0.15) is 30.8 Å². The van der Waals surface area contributed by atoms with E-state index in [0.717, 1.165) is 10.9 Å². The van der Waals surface area contributed by atoms with Crippen molar-refractivity contribution in [1.82, 2.24) is 15.1 Å². The standard InChI is InChI=1S/C17H21BrClN3O3/c1-12(2)24-9-3-7-20-17(23)15-6-8-22(21-15)11-25-16-5-4-13(18)10-14(16)19/h4-6,8,10,12H,3,7,9,11H2,1-2H3,(H,20,23). The number of carbonyl (C=O) groups is 1. The lowest BCUT2D eigenvalue weighted by atomic mass is 10.3. The molecule has 0 aliphatic heterocycles. The molecule has 1 aromatic carbocycles. The Kier molecular flexibility index (Phi) is 7.74. The number of nitrogens with one attached hydrogen (secondary N) is 1. The highest BCUT2D eigenvalue weighted by Gasteiger charge is 2.09. The van der Waals surface area contributed by atoms with Crippen molar-refractivity contribution in [2.24, 2.45) is 0 Å². The third-order valence-electron chi connectivity index (χ3n) is 3.18. The van der Waals surface area contributed by atoms with Crippen LogP contribution in [0.25, 0.3) is 0 Å². The maximum atomic E-state index is 12.0. The van der Waals surface area contributed by atoms with Gasteiger partial charge in [0.05, 0.1) is 11.1 Å². The van der Waals surface area contributed by atoms with Gasteiger partial charge in [0.15, 0.2) is 6.73 Å². The van der Waals surface area contributed by atoms with E-state index in [1.807, 2.05) is 19.9 Å². The van der Waals surface area contributed by atoms with E-state index >= 15 is 0 Å². The van der Waals surface area contributed by atoms with E-state index in [2.05, 4.69) is 26.3 Å². The van der Waals surface area contributed by atoms with Crippen LogP contribution in [0, 0.1) is 0 Å². The monoisotopic (exact) mass is 429 g/mol. The van der Waals surface area contributed by atoms with Gasteiger partial charge in [-0.05, 0) is 44.5 Å². The van der Waals surface area contributed by atoms with Crippen molar-refractivity contribution in [3.05, 3.63) is 45.7 Å². The topological polar surface area (TPSA) is 65.4 Å². The third kappa shape index (κ3) is 6.68. The molecular formula is C17H21BrClN3O3. The number of carbonyl (C=O) groups excluding carboxylic acids is 1. The first-order valence-corrected chi connectivity index (χ1v) is 9.14. The molecule has 0 atom stereocenters. The fraction of sp³-hybridized carbons (Fsp3) is 0.412. The van der Waals surface area contributed by atoms with Crippen LogP contribution in [0.4, 0.5) is 0 Å². The molecule has 0 aliphatic carbocycles. The molecule has 2 aromatic rings. The molecule has 2 rings (SSSR count). The minimum atomic E-state index is -0.218. The minimum absolute atomic E-state index is 0.164. The first-order chi connectivity index (χ1) is 12.0. The van der Waals surface area contributed by atoms with Crippen molar-refractivity contribution in [2.45, 2.75) is 33.1 Å². The first kappa shape index (κ1) is 19.8. The molecule has 0 bridgehead atoms. The second kappa shape index (κ2) is 9.79. The number of aromatic nitrogens is 2. The Morgan fingerprint density at radius 1 is 1.40 bits per heavy atom. The summed E-state index contributed by atoms with van der Waals surface area (Å²) in [5.41, 5.74) is 0.343. The molecule has 0 saturated heterocycles. The van der Waals surface area contributed by atoms with Gasteiger partial charge in [0.2, 0.25) is 0 Å². The van der Waals surface area contributed by atoms with E-state index in [1.165, 1.54) is 4.68 Å². The number of ether oxygens (including phenoxy) is 2. The molecule has 6 nitrogen and oxygen atoms in total. The van der Waals surface area contributed by atoms with E-state index < -0.39 is 0 Å². The Morgan fingerprint density at radius 2 is 2.20 bits per heavy atom. The molecule has 8 heteroatoms. The minimum Gasteiger partial charge on any atom is -0.470 e. The molecule has 0 spiro atoms. The Balaban J connectivity index is 1.78. The largest absolute Gasteiger partial charge is 0.470 e. The number of hydrogen-bond donors (Lipinski definition) is 1. The number of amides is 1. The Bertz CT molecular complexity index is 706. The van der Waals surface area contributed by atoms with Crippen LogP contribution in [0.3, 0.4) is 0 Å². The highest BCUT2D eigenvalue weighted by molar-refractivity contribution is 9.10. The third-order valence-corrected chi connectivity index (χ3v) is 3.97. The maximum Gasteiger partial charge on any atom is 0.271 e. The molecule has 1 heterocycles. The predicted octanol–water partition coefficient (Wildman–Crippen LogP) is 3.88. The molecular weight excluding hydrogens is 410 g/mol. The SMILES string of the molecule is CC(C)OCCCNC(=O)c1ccn(COc2ccc(Br)cc2Cl)n1. The van der Waals surface area contributed by atoms with Gasteiger partial charge in [-0.1, -0.05) is 27.5 Å². The van der Waals surface area contributed by atoms with Crippen molar-refractivity contribution < 1.29 is 14.3 Å². The summed E-state index contributed by atoms with van der Waals surface area (Å²) in [6.45, 7) is 5.29. The first-order valence-electron chi connectivity index (χ1n) is 7.97. The average molecular weight is 431 g/mol. The molecule has 0 aliphatic rings. The van der Waals surface area contributed by atoms with Gasteiger partial charge >= 0.3 is 0 Å². The van der Waals surface area contributed by atoms with Crippen molar-refractivity contribution in [3.8, 4) is 5.75 Å². The van der Waals surface area contributed by atoms with Crippen LogP contribution in [-0.2, 0) is 11.5 Å². The van der Waals surface area contributed by atoms with Gasteiger partial charge in [0.25, 0.3) is 5.91 Å². The summed E-state index contributed by atoms with van der Waals surface area (Å²) < 4.78 is 13.4. The van der Waals surface area contributed by atoms with E-state index in [0.29, 0.717) is 29.6 Å². The Hall–Kier alpha value is -1.57. The zero-order chi connectivity index (χ0) is 18.2. The number of halogens is 2. The van der Waals surface area contributed by atoms with E-state index in [4.69, 9.17) is 21.1 Å². The molecule has 25 heavy (non-hydrogen) atoms. The van der Waals surface area contributed by atoms with Gasteiger partial charge < -0.3 is 14.8 Å². The predicted molar refractivity (Wildman–Crippen MR) is 100 cm³/mol. The Labute approximate surface area is 160 Å². The normalized spacial score (nSPS) is 10.9. The lowest BCUT2D eigenvalue weighted by Gasteiger charge is -2.08. The van der Waals surface area contributed by atoms with Crippen molar-refractivity contribution in [2.75, 3.05) is 13.2 Å². The molecule has 0 radical (unpaired) electrons. The average Bonchev–Trinajstić information content (AvgIpc) is 3.02. The van der Waals surface area contributed by atoms with E-state index in [-0.39, 0.29) is 18.7 Å². The van der Waals surface area contributed by atoms with Crippen LogP contribution >= 0.6 is 27.5 Å². The molecule has 0 fully saturated rings. The quantitative estimate of drug-likeness (QED) is 0.613. The van der Waals surface area contributed by atoms with Gasteiger partial charge in [0, 0.05) is 23.8 Å². The van der Waals surface area contributed by atoms with Gasteiger partial charge in [-0.3, -0.25) is 4.79 Å². The van der Waals surface area contributed by atoms with E-state index in [9.17, 15) is 4.79 Å². The molecule has 0 unspecified atom stereocenters. The Morgan fingerprint density at radius 3 is 2.92 bits per heavy atom. The summed E-state index contributed by atoms with van der Waals surface area (Å²) in [4.78, 5) is 12.0. The van der Waals surface area contributed by atoms with Crippen molar-refractivity contribution in [3.63, 3.8) is 0 Å². The number of hydrogen-bond acceptors (Lipinski definition) is 4. The summed E-state index contributed by atoms with van der Waals surface area (Å²) >= 11 is 9.43. The summed E-state index contributed by atoms with van der Waals surface area (Å²) in [5.74, 6) is 0.335.